The molecule has 0 spiro atoms. The van der Waals surface area contributed by atoms with Crippen molar-refractivity contribution in [3.8, 4) is 35.4 Å². The standard InChI is InChI=1S/C20H14N4OS/c1-2-11-25-19-6-4-3-5-17(19)13-22-24-20-23-18(14-26-20)16-9-7-15(12-21)8-10-16/h1,3-10,13-14H,11H2,(H,23,24)/b22-13+. The first-order chi connectivity index (χ1) is 12.8. The van der Waals surface area contributed by atoms with Crippen molar-refractivity contribution in [2.24, 2.45) is 5.10 Å². The van der Waals surface area contributed by atoms with Gasteiger partial charge in [0.15, 0.2) is 0 Å². The molecule has 1 aromatic heterocycles. The zero-order valence-corrected chi connectivity index (χ0v) is 14.5. The third kappa shape index (κ3) is 4.27. The summed E-state index contributed by atoms with van der Waals surface area (Å²) in [6.07, 6.45) is 6.89. The molecule has 1 N–H and O–H groups in total. The molecule has 0 amide bonds. The molecule has 0 fully saturated rings. The van der Waals surface area contributed by atoms with E-state index in [1.165, 1.54) is 11.3 Å². The van der Waals surface area contributed by atoms with E-state index < -0.39 is 0 Å². The number of nitriles is 1. The average molecular weight is 358 g/mol. The van der Waals surface area contributed by atoms with Crippen molar-refractivity contribution in [2.45, 2.75) is 0 Å². The zero-order valence-electron chi connectivity index (χ0n) is 13.7. The van der Waals surface area contributed by atoms with Gasteiger partial charge in [-0.3, -0.25) is 5.43 Å². The summed E-state index contributed by atoms with van der Waals surface area (Å²) < 4.78 is 5.48. The normalized spacial score (nSPS) is 10.2. The van der Waals surface area contributed by atoms with E-state index in [0.29, 0.717) is 16.4 Å². The van der Waals surface area contributed by atoms with Gasteiger partial charge in [0.1, 0.15) is 12.4 Å². The van der Waals surface area contributed by atoms with Crippen LogP contribution in [0.15, 0.2) is 59.0 Å². The molecule has 0 aliphatic rings. The Hall–Kier alpha value is -3.61. The number of nitrogens with zero attached hydrogens (tertiary/aromatic N) is 3. The van der Waals surface area contributed by atoms with Crippen LogP contribution in [0.4, 0.5) is 5.13 Å². The number of nitrogens with one attached hydrogen (secondary N) is 1. The first kappa shape index (κ1) is 17.2. The molecule has 3 aromatic rings. The van der Waals surface area contributed by atoms with Crippen LogP contribution in [0.25, 0.3) is 11.3 Å². The van der Waals surface area contributed by atoms with Crippen molar-refractivity contribution < 1.29 is 4.74 Å². The van der Waals surface area contributed by atoms with Gasteiger partial charge in [0.25, 0.3) is 0 Å². The van der Waals surface area contributed by atoms with E-state index in [2.05, 4.69) is 27.5 Å². The SMILES string of the molecule is C#CCOc1ccccc1/C=N/Nc1nc(-c2ccc(C#N)cc2)cs1. The number of aromatic nitrogens is 1. The number of thiazole rings is 1. The summed E-state index contributed by atoms with van der Waals surface area (Å²) in [6.45, 7) is 0.207. The molecule has 2 aromatic carbocycles. The molecule has 26 heavy (non-hydrogen) atoms. The van der Waals surface area contributed by atoms with Crippen molar-refractivity contribution in [1.29, 1.82) is 5.26 Å². The third-order valence-corrected chi connectivity index (χ3v) is 4.15. The molecule has 0 radical (unpaired) electrons. The largest absolute Gasteiger partial charge is 0.480 e. The van der Waals surface area contributed by atoms with Crippen LogP contribution in [0, 0.1) is 23.7 Å². The van der Waals surface area contributed by atoms with E-state index in [0.717, 1.165) is 16.8 Å². The first-order valence-corrected chi connectivity index (χ1v) is 8.58. The fraction of sp³-hybridized carbons (Fsp3) is 0.0500. The highest BCUT2D eigenvalue weighted by Crippen LogP contribution is 2.25. The maximum atomic E-state index is 8.85. The molecule has 0 saturated carbocycles. The molecule has 3 rings (SSSR count). The van der Waals surface area contributed by atoms with Crippen LogP contribution in [0.3, 0.4) is 0 Å². The molecule has 5 nitrogen and oxygen atoms in total. The number of anilines is 1. The van der Waals surface area contributed by atoms with E-state index >= 15 is 0 Å². The van der Waals surface area contributed by atoms with Gasteiger partial charge in [0.05, 0.1) is 23.5 Å². The minimum Gasteiger partial charge on any atom is -0.480 e. The third-order valence-electron chi connectivity index (χ3n) is 3.41. The van der Waals surface area contributed by atoms with Gasteiger partial charge in [-0.05, 0) is 24.3 Å². The number of ether oxygens (including phenoxy) is 1. The Morgan fingerprint density at radius 2 is 2.04 bits per heavy atom. The summed E-state index contributed by atoms with van der Waals surface area (Å²) in [6, 6.07) is 16.9. The lowest BCUT2D eigenvalue weighted by Gasteiger charge is -2.05. The lowest BCUT2D eigenvalue weighted by atomic mass is 10.1. The van der Waals surface area contributed by atoms with Crippen molar-refractivity contribution in [1.82, 2.24) is 4.98 Å². The molecule has 0 aliphatic carbocycles. The Labute approximate surface area is 155 Å². The monoisotopic (exact) mass is 358 g/mol. The van der Waals surface area contributed by atoms with Crippen LogP contribution in [0.1, 0.15) is 11.1 Å². The predicted molar refractivity (Wildman–Crippen MR) is 104 cm³/mol. The maximum Gasteiger partial charge on any atom is 0.203 e. The van der Waals surface area contributed by atoms with Crippen LogP contribution < -0.4 is 10.2 Å². The summed E-state index contributed by atoms with van der Waals surface area (Å²) in [5, 5.41) is 15.7. The number of hydrazone groups is 1. The Bertz CT molecular complexity index is 994. The van der Waals surface area contributed by atoms with Crippen molar-refractivity contribution in [3.05, 3.63) is 65.0 Å². The Kier molecular flexibility index (Phi) is 5.61. The Morgan fingerprint density at radius 1 is 1.23 bits per heavy atom. The molecule has 0 saturated heterocycles. The molecule has 0 unspecified atom stereocenters. The highest BCUT2D eigenvalue weighted by Gasteiger charge is 2.04. The molecular weight excluding hydrogens is 344 g/mol. The van der Waals surface area contributed by atoms with Gasteiger partial charge in [-0.25, -0.2) is 4.98 Å². The van der Waals surface area contributed by atoms with Crippen LogP contribution in [-0.4, -0.2) is 17.8 Å². The highest BCUT2D eigenvalue weighted by molar-refractivity contribution is 7.14. The van der Waals surface area contributed by atoms with E-state index in [1.807, 2.05) is 41.8 Å². The molecule has 1 heterocycles. The summed E-state index contributed by atoms with van der Waals surface area (Å²) in [5.41, 5.74) is 6.14. The number of para-hydroxylation sites is 1. The zero-order chi connectivity index (χ0) is 18.2. The van der Waals surface area contributed by atoms with Crippen LogP contribution in [0.5, 0.6) is 5.75 Å². The van der Waals surface area contributed by atoms with Crippen molar-refractivity contribution in [3.63, 3.8) is 0 Å². The van der Waals surface area contributed by atoms with Gasteiger partial charge in [-0.2, -0.15) is 10.4 Å². The van der Waals surface area contributed by atoms with Crippen molar-refractivity contribution in [2.75, 3.05) is 12.0 Å². The summed E-state index contributed by atoms with van der Waals surface area (Å²) in [5.74, 6) is 3.12. The van der Waals surface area contributed by atoms with Crippen LogP contribution in [-0.2, 0) is 0 Å². The fourth-order valence-electron chi connectivity index (χ4n) is 2.17. The maximum absolute atomic E-state index is 8.85. The summed E-state index contributed by atoms with van der Waals surface area (Å²) in [7, 11) is 0. The fourth-order valence-corrected chi connectivity index (χ4v) is 2.84. The van der Waals surface area contributed by atoms with Gasteiger partial charge in [0, 0.05) is 16.5 Å². The minimum absolute atomic E-state index is 0.207. The molecule has 0 aliphatic heterocycles. The number of rotatable bonds is 6. The van der Waals surface area contributed by atoms with Gasteiger partial charge in [-0.1, -0.05) is 30.2 Å². The molecule has 0 bridgehead atoms. The second kappa shape index (κ2) is 8.48. The summed E-state index contributed by atoms with van der Waals surface area (Å²) >= 11 is 1.45. The predicted octanol–water partition coefficient (Wildman–Crippen LogP) is 4.14. The molecular formula is C20H14N4OS. The van der Waals surface area contributed by atoms with Crippen molar-refractivity contribution >= 4 is 22.7 Å². The van der Waals surface area contributed by atoms with Gasteiger partial charge < -0.3 is 4.74 Å². The Balaban J connectivity index is 1.67. The topological polar surface area (TPSA) is 70.3 Å². The lowest BCUT2D eigenvalue weighted by Crippen LogP contribution is -1.98. The smallest absolute Gasteiger partial charge is 0.203 e. The number of benzene rings is 2. The highest BCUT2D eigenvalue weighted by atomic mass is 32.1. The van der Waals surface area contributed by atoms with E-state index in [9.17, 15) is 0 Å². The van der Waals surface area contributed by atoms with Gasteiger partial charge in [-0.15, -0.1) is 17.8 Å². The van der Waals surface area contributed by atoms with Crippen LogP contribution in [0.2, 0.25) is 0 Å². The number of terminal acetylenes is 1. The minimum atomic E-state index is 0.207. The van der Waals surface area contributed by atoms with E-state index in [1.54, 1.807) is 18.3 Å². The van der Waals surface area contributed by atoms with Crippen LogP contribution >= 0.6 is 11.3 Å². The Morgan fingerprint density at radius 3 is 2.81 bits per heavy atom. The van der Waals surface area contributed by atoms with Gasteiger partial charge in [0.2, 0.25) is 5.13 Å². The van der Waals surface area contributed by atoms with E-state index in [-0.39, 0.29) is 6.61 Å². The number of hydrogen-bond donors (Lipinski definition) is 1. The molecule has 126 valence electrons. The van der Waals surface area contributed by atoms with Gasteiger partial charge >= 0.3 is 0 Å². The first-order valence-electron chi connectivity index (χ1n) is 7.70. The number of hydrogen-bond acceptors (Lipinski definition) is 6. The summed E-state index contributed by atoms with van der Waals surface area (Å²) in [4.78, 5) is 4.49. The molecule has 6 heteroatoms. The second-order valence-corrected chi connectivity index (χ2v) is 5.99. The average Bonchev–Trinajstić information content (AvgIpc) is 3.16. The van der Waals surface area contributed by atoms with E-state index in [4.69, 9.17) is 16.4 Å². The quantitative estimate of drug-likeness (QED) is 0.408. The lowest BCUT2D eigenvalue weighted by molar-refractivity contribution is 0.370. The second-order valence-electron chi connectivity index (χ2n) is 5.13. The molecule has 0 atom stereocenters.